The standard InChI is InChI=1S/C23H21ClN4O2/c1-14(2)10-11-26-23(30)19(13-25)20-17-8-3-4-9-18(17)21(27-20)28-22(29)15-6-5-7-16(24)12-15/h3-9,12,14H,10-11H2,1-2H3,(H,26,30)(H,27,28,29)/b20-19-. The van der Waals surface area contributed by atoms with Crippen LogP contribution in [0.5, 0.6) is 0 Å². The number of benzene rings is 2. The van der Waals surface area contributed by atoms with Crippen LogP contribution in [0.3, 0.4) is 0 Å². The van der Waals surface area contributed by atoms with Crippen LogP contribution in [0.15, 0.2) is 59.1 Å². The van der Waals surface area contributed by atoms with Gasteiger partial charge < -0.3 is 10.6 Å². The molecule has 2 N–H and O–H groups in total. The molecule has 6 nitrogen and oxygen atoms in total. The van der Waals surface area contributed by atoms with Crippen LogP contribution in [0.2, 0.25) is 5.02 Å². The first-order valence-electron chi connectivity index (χ1n) is 9.58. The van der Waals surface area contributed by atoms with Gasteiger partial charge >= 0.3 is 0 Å². The van der Waals surface area contributed by atoms with Gasteiger partial charge in [0.2, 0.25) is 0 Å². The molecule has 0 spiro atoms. The normalized spacial score (nSPS) is 13.9. The Hall–Kier alpha value is -3.43. The summed E-state index contributed by atoms with van der Waals surface area (Å²) in [7, 11) is 0. The summed E-state index contributed by atoms with van der Waals surface area (Å²) >= 11 is 5.97. The van der Waals surface area contributed by atoms with E-state index in [1.807, 2.05) is 6.07 Å². The summed E-state index contributed by atoms with van der Waals surface area (Å²) < 4.78 is 0. The predicted molar refractivity (Wildman–Crippen MR) is 117 cm³/mol. The smallest absolute Gasteiger partial charge is 0.264 e. The van der Waals surface area contributed by atoms with Crippen LogP contribution in [0.25, 0.3) is 5.70 Å². The van der Waals surface area contributed by atoms with Crippen molar-refractivity contribution in [1.82, 2.24) is 10.6 Å². The third-order valence-corrected chi connectivity index (χ3v) is 4.80. The number of nitrogens with zero attached hydrogens (tertiary/aromatic N) is 2. The summed E-state index contributed by atoms with van der Waals surface area (Å²) in [4.78, 5) is 29.6. The highest BCUT2D eigenvalue weighted by Gasteiger charge is 2.27. The fraction of sp³-hybridized carbons (Fsp3) is 0.217. The molecule has 3 rings (SSSR count). The topological polar surface area (TPSA) is 94.3 Å². The van der Waals surface area contributed by atoms with Crippen LogP contribution in [0, 0.1) is 17.2 Å². The monoisotopic (exact) mass is 420 g/mol. The van der Waals surface area contributed by atoms with Crippen molar-refractivity contribution in [2.75, 3.05) is 6.54 Å². The molecule has 0 radical (unpaired) electrons. The molecule has 2 aromatic rings. The van der Waals surface area contributed by atoms with Gasteiger partial charge in [0.1, 0.15) is 17.5 Å². The van der Waals surface area contributed by atoms with Crippen molar-refractivity contribution in [2.45, 2.75) is 20.3 Å². The second kappa shape index (κ2) is 9.38. The summed E-state index contributed by atoms with van der Waals surface area (Å²) in [5, 5.41) is 15.6. The van der Waals surface area contributed by atoms with Crippen LogP contribution >= 0.6 is 11.6 Å². The van der Waals surface area contributed by atoms with Gasteiger partial charge in [-0.05, 0) is 30.5 Å². The van der Waals surface area contributed by atoms with Crippen LogP contribution < -0.4 is 10.6 Å². The SMILES string of the molecule is CC(C)CCNC(=O)/C(C#N)=C1\N=C(NC(=O)c2cccc(Cl)c2)c2ccccc21. The molecule has 30 heavy (non-hydrogen) atoms. The Morgan fingerprint density at radius 3 is 2.53 bits per heavy atom. The fourth-order valence-corrected chi connectivity index (χ4v) is 3.19. The second-order valence-corrected chi connectivity index (χ2v) is 7.68. The first kappa shape index (κ1) is 21.3. The van der Waals surface area contributed by atoms with Gasteiger partial charge in [-0.15, -0.1) is 0 Å². The minimum Gasteiger partial charge on any atom is -0.351 e. The molecular weight excluding hydrogens is 400 g/mol. The van der Waals surface area contributed by atoms with E-state index < -0.39 is 5.91 Å². The number of fused-ring (bicyclic) bond motifs is 1. The quantitative estimate of drug-likeness (QED) is 0.566. The molecule has 2 amide bonds. The number of nitrogens with one attached hydrogen (secondary N) is 2. The molecule has 7 heteroatoms. The Kier molecular flexibility index (Phi) is 6.65. The van der Waals surface area contributed by atoms with E-state index in [9.17, 15) is 14.9 Å². The van der Waals surface area contributed by atoms with Crippen molar-refractivity contribution in [3.8, 4) is 6.07 Å². The zero-order chi connectivity index (χ0) is 21.7. The number of aliphatic imine (C=N–C) groups is 1. The van der Waals surface area contributed by atoms with E-state index in [2.05, 4.69) is 29.5 Å². The molecule has 0 unspecified atom stereocenters. The van der Waals surface area contributed by atoms with Crippen molar-refractivity contribution >= 4 is 34.9 Å². The van der Waals surface area contributed by atoms with Crippen molar-refractivity contribution in [2.24, 2.45) is 10.9 Å². The lowest BCUT2D eigenvalue weighted by molar-refractivity contribution is -0.117. The first-order chi connectivity index (χ1) is 14.4. The zero-order valence-electron chi connectivity index (χ0n) is 16.7. The largest absolute Gasteiger partial charge is 0.351 e. The Balaban J connectivity index is 1.92. The van der Waals surface area contributed by atoms with Gasteiger partial charge in [0.25, 0.3) is 11.8 Å². The number of carbonyl (C=O) groups is 2. The Morgan fingerprint density at radius 1 is 1.13 bits per heavy atom. The van der Waals surface area contributed by atoms with Gasteiger partial charge in [-0.3, -0.25) is 9.59 Å². The summed E-state index contributed by atoms with van der Waals surface area (Å²) in [6.07, 6.45) is 0.806. The van der Waals surface area contributed by atoms with Crippen molar-refractivity contribution in [1.29, 1.82) is 5.26 Å². The lowest BCUT2D eigenvalue weighted by Gasteiger charge is -2.07. The highest BCUT2D eigenvalue weighted by Crippen LogP contribution is 2.30. The summed E-state index contributed by atoms with van der Waals surface area (Å²) in [5.41, 5.74) is 1.81. The average Bonchev–Trinajstić information content (AvgIpc) is 3.07. The van der Waals surface area contributed by atoms with Crippen LogP contribution in [0.4, 0.5) is 0 Å². The highest BCUT2D eigenvalue weighted by molar-refractivity contribution is 6.31. The van der Waals surface area contributed by atoms with Gasteiger partial charge in [0.15, 0.2) is 0 Å². The van der Waals surface area contributed by atoms with E-state index in [1.165, 1.54) is 0 Å². The number of amidine groups is 1. The van der Waals surface area contributed by atoms with Gasteiger partial charge in [-0.25, -0.2) is 4.99 Å². The number of halogens is 1. The van der Waals surface area contributed by atoms with Crippen molar-refractivity contribution in [3.05, 3.63) is 75.8 Å². The van der Waals surface area contributed by atoms with Crippen LogP contribution in [-0.4, -0.2) is 24.2 Å². The van der Waals surface area contributed by atoms with Crippen molar-refractivity contribution in [3.63, 3.8) is 0 Å². The molecule has 0 saturated heterocycles. The number of nitriles is 1. The number of amides is 2. The lowest BCUT2D eigenvalue weighted by Crippen LogP contribution is -2.30. The predicted octanol–water partition coefficient (Wildman–Crippen LogP) is 3.93. The summed E-state index contributed by atoms with van der Waals surface area (Å²) in [6.45, 7) is 4.59. The van der Waals surface area contributed by atoms with Gasteiger partial charge in [0, 0.05) is 28.3 Å². The van der Waals surface area contributed by atoms with E-state index in [0.29, 0.717) is 34.2 Å². The Labute approximate surface area is 180 Å². The molecule has 0 bridgehead atoms. The number of carbonyl (C=O) groups excluding carboxylic acids is 2. The summed E-state index contributed by atoms with van der Waals surface area (Å²) in [5.74, 6) is -0.142. The Morgan fingerprint density at radius 2 is 1.87 bits per heavy atom. The van der Waals surface area contributed by atoms with E-state index in [1.54, 1.807) is 48.5 Å². The molecule has 0 atom stereocenters. The minimum absolute atomic E-state index is 0.0850. The molecule has 2 aromatic carbocycles. The zero-order valence-corrected chi connectivity index (χ0v) is 17.5. The fourth-order valence-electron chi connectivity index (χ4n) is 3.00. The van der Waals surface area contributed by atoms with Crippen molar-refractivity contribution < 1.29 is 9.59 Å². The number of rotatable bonds is 5. The van der Waals surface area contributed by atoms with E-state index in [-0.39, 0.29) is 23.0 Å². The molecule has 0 fully saturated rings. The summed E-state index contributed by atoms with van der Waals surface area (Å²) in [6, 6.07) is 15.7. The third-order valence-electron chi connectivity index (χ3n) is 4.56. The van der Waals surface area contributed by atoms with Crippen LogP contribution in [0.1, 0.15) is 41.8 Å². The molecule has 1 aliphatic rings. The third kappa shape index (κ3) is 4.76. The molecule has 0 aromatic heterocycles. The lowest BCUT2D eigenvalue weighted by atomic mass is 10.0. The van der Waals surface area contributed by atoms with Gasteiger partial charge in [-0.2, -0.15) is 5.26 Å². The highest BCUT2D eigenvalue weighted by atomic mass is 35.5. The molecule has 0 aliphatic carbocycles. The minimum atomic E-state index is -0.478. The number of hydrogen-bond acceptors (Lipinski definition) is 4. The molecule has 0 saturated carbocycles. The number of hydrogen-bond donors (Lipinski definition) is 2. The maximum Gasteiger partial charge on any atom is 0.264 e. The molecule has 1 heterocycles. The molecule has 152 valence electrons. The maximum atomic E-state index is 12.6. The average molecular weight is 421 g/mol. The van der Waals surface area contributed by atoms with E-state index in [4.69, 9.17) is 11.6 Å². The van der Waals surface area contributed by atoms with Crippen LogP contribution in [-0.2, 0) is 4.79 Å². The molecule has 1 aliphatic heterocycles. The molecular formula is C23H21ClN4O2. The van der Waals surface area contributed by atoms with E-state index in [0.717, 1.165) is 6.42 Å². The maximum absolute atomic E-state index is 12.6. The Bertz CT molecular complexity index is 1100. The first-order valence-corrected chi connectivity index (χ1v) is 9.96. The van der Waals surface area contributed by atoms with Gasteiger partial charge in [0.05, 0.1) is 5.70 Å². The van der Waals surface area contributed by atoms with Gasteiger partial charge in [-0.1, -0.05) is 55.8 Å². The second-order valence-electron chi connectivity index (χ2n) is 7.24. The van der Waals surface area contributed by atoms with E-state index >= 15 is 0 Å².